The predicted octanol–water partition coefficient (Wildman–Crippen LogP) is 3.33. The van der Waals surface area contributed by atoms with Crippen LogP contribution in [-0.4, -0.2) is 40.0 Å². The molecule has 2 aromatic heterocycles. The average Bonchev–Trinajstić information content (AvgIpc) is 3.15. The molecule has 3 fully saturated rings. The van der Waals surface area contributed by atoms with Crippen LogP contribution >= 0.6 is 0 Å². The Morgan fingerprint density at radius 1 is 1.19 bits per heavy atom. The van der Waals surface area contributed by atoms with Crippen molar-refractivity contribution in [3.63, 3.8) is 0 Å². The van der Waals surface area contributed by atoms with Gasteiger partial charge in [-0.1, -0.05) is 6.42 Å². The first-order chi connectivity index (χ1) is 13.3. The van der Waals surface area contributed by atoms with Crippen molar-refractivity contribution < 1.29 is 4.79 Å². The summed E-state index contributed by atoms with van der Waals surface area (Å²) < 4.78 is 2.26. The second-order valence-electron chi connectivity index (χ2n) is 8.83. The molecule has 6 rings (SSSR count). The van der Waals surface area contributed by atoms with Gasteiger partial charge in [0.1, 0.15) is 5.54 Å². The quantitative estimate of drug-likeness (QED) is 0.841. The van der Waals surface area contributed by atoms with E-state index in [9.17, 15) is 4.79 Å². The SMILES string of the molecule is O=C(C1CCC1)N1CC[C@]2(C1)c1cccn1-c1ncccc1N2CC1CC1. The molecule has 2 aliphatic heterocycles. The molecule has 1 atom stereocenters. The van der Waals surface area contributed by atoms with E-state index in [0.29, 0.717) is 5.91 Å². The first-order valence-electron chi connectivity index (χ1n) is 10.5. The zero-order valence-electron chi connectivity index (χ0n) is 15.7. The minimum absolute atomic E-state index is 0.110. The summed E-state index contributed by atoms with van der Waals surface area (Å²) in [5.74, 6) is 2.49. The first-order valence-corrected chi connectivity index (χ1v) is 10.5. The van der Waals surface area contributed by atoms with E-state index in [1.54, 1.807) is 0 Å². The van der Waals surface area contributed by atoms with Crippen molar-refractivity contribution in [2.24, 2.45) is 11.8 Å². The Hall–Kier alpha value is -2.30. The Balaban J connectivity index is 1.44. The van der Waals surface area contributed by atoms with Crippen molar-refractivity contribution in [1.29, 1.82) is 0 Å². The number of hydrogen-bond acceptors (Lipinski definition) is 3. The van der Waals surface area contributed by atoms with Crippen LogP contribution in [0.2, 0.25) is 0 Å². The third-order valence-corrected chi connectivity index (χ3v) is 7.18. The Bertz CT molecular complexity index is 897. The number of hydrogen-bond donors (Lipinski definition) is 0. The maximum atomic E-state index is 13.0. The molecule has 4 heterocycles. The normalized spacial score (nSPS) is 26.8. The van der Waals surface area contributed by atoms with Gasteiger partial charge in [0, 0.05) is 37.9 Å². The van der Waals surface area contributed by atoms with Gasteiger partial charge in [0.25, 0.3) is 0 Å². The number of fused-ring (bicyclic) bond motifs is 4. The molecule has 2 aromatic rings. The summed E-state index contributed by atoms with van der Waals surface area (Å²) in [6, 6.07) is 8.64. The number of nitrogens with zero attached hydrogens (tertiary/aromatic N) is 4. The number of rotatable bonds is 3. The molecule has 1 saturated heterocycles. The fourth-order valence-electron chi connectivity index (χ4n) is 5.25. The number of likely N-dealkylation sites (tertiary alicyclic amines) is 1. The lowest BCUT2D eigenvalue weighted by Gasteiger charge is -2.47. The highest BCUT2D eigenvalue weighted by molar-refractivity contribution is 5.80. The summed E-state index contributed by atoms with van der Waals surface area (Å²) >= 11 is 0. The topological polar surface area (TPSA) is 41.4 Å². The van der Waals surface area contributed by atoms with E-state index in [4.69, 9.17) is 4.98 Å². The highest BCUT2D eigenvalue weighted by atomic mass is 16.2. The van der Waals surface area contributed by atoms with Crippen LogP contribution in [0.1, 0.15) is 44.2 Å². The van der Waals surface area contributed by atoms with Crippen molar-refractivity contribution in [1.82, 2.24) is 14.5 Å². The molecule has 4 aliphatic rings. The van der Waals surface area contributed by atoms with Crippen LogP contribution in [0.25, 0.3) is 5.82 Å². The molecule has 2 saturated carbocycles. The summed E-state index contributed by atoms with van der Waals surface area (Å²) in [5, 5.41) is 0. The molecule has 0 bridgehead atoms. The zero-order chi connectivity index (χ0) is 18.0. The van der Waals surface area contributed by atoms with Gasteiger partial charge in [-0.2, -0.15) is 0 Å². The van der Waals surface area contributed by atoms with Crippen molar-refractivity contribution in [2.75, 3.05) is 24.5 Å². The van der Waals surface area contributed by atoms with E-state index in [-0.39, 0.29) is 11.5 Å². The van der Waals surface area contributed by atoms with Crippen LogP contribution in [0.3, 0.4) is 0 Å². The van der Waals surface area contributed by atoms with E-state index in [2.05, 4.69) is 38.8 Å². The minimum atomic E-state index is -0.110. The number of aromatic nitrogens is 2. The lowest BCUT2D eigenvalue weighted by Crippen LogP contribution is -2.54. The second kappa shape index (κ2) is 5.60. The van der Waals surface area contributed by atoms with Crippen LogP contribution in [0.5, 0.6) is 0 Å². The molecule has 27 heavy (non-hydrogen) atoms. The van der Waals surface area contributed by atoms with Gasteiger partial charge in [0.05, 0.1) is 11.4 Å². The Labute approximate surface area is 160 Å². The maximum Gasteiger partial charge on any atom is 0.225 e. The fraction of sp³-hybridized carbons (Fsp3) is 0.545. The maximum absolute atomic E-state index is 13.0. The van der Waals surface area contributed by atoms with Crippen LogP contribution in [0, 0.1) is 11.8 Å². The van der Waals surface area contributed by atoms with E-state index < -0.39 is 0 Å². The third kappa shape index (κ3) is 2.23. The fourth-order valence-corrected chi connectivity index (χ4v) is 5.25. The molecule has 2 aliphatic carbocycles. The van der Waals surface area contributed by atoms with Gasteiger partial charge in [-0.25, -0.2) is 4.98 Å². The summed E-state index contributed by atoms with van der Waals surface area (Å²) in [7, 11) is 0. The van der Waals surface area contributed by atoms with Crippen LogP contribution in [0.15, 0.2) is 36.7 Å². The molecule has 0 radical (unpaired) electrons. The highest BCUT2D eigenvalue weighted by Crippen LogP contribution is 2.49. The van der Waals surface area contributed by atoms with E-state index in [1.165, 1.54) is 30.6 Å². The molecule has 5 nitrogen and oxygen atoms in total. The Morgan fingerprint density at radius 2 is 2.07 bits per heavy atom. The van der Waals surface area contributed by atoms with Gasteiger partial charge in [0.2, 0.25) is 5.91 Å². The van der Waals surface area contributed by atoms with Crippen LogP contribution in [-0.2, 0) is 10.3 Å². The minimum Gasteiger partial charge on any atom is -0.355 e. The van der Waals surface area contributed by atoms with Gasteiger partial charge >= 0.3 is 0 Å². The molecule has 0 unspecified atom stereocenters. The number of pyridine rings is 1. The van der Waals surface area contributed by atoms with Crippen molar-refractivity contribution in [3.05, 3.63) is 42.4 Å². The van der Waals surface area contributed by atoms with Gasteiger partial charge in [-0.05, 0) is 62.3 Å². The van der Waals surface area contributed by atoms with Crippen LogP contribution in [0.4, 0.5) is 5.69 Å². The molecule has 1 spiro atoms. The van der Waals surface area contributed by atoms with E-state index in [0.717, 1.165) is 50.6 Å². The molecule has 0 N–H and O–H groups in total. The molecule has 5 heteroatoms. The summed E-state index contributed by atoms with van der Waals surface area (Å²) in [6.07, 6.45) is 11.1. The lowest BCUT2D eigenvalue weighted by atomic mass is 9.84. The number of anilines is 1. The van der Waals surface area contributed by atoms with Crippen LogP contribution < -0.4 is 4.90 Å². The zero-order valence-corrected chi connectivity index (χ0v) is 15.7. The Kier molecular flexibility index (Phi) is 3.26. The number of amides is 1. The average molecular weight is 362 g/mol. The second-order valence-corrected chi connectivity index (χ2v) is 8.83. The monoisotopic (exact) mass is 362 g/mol. The number of carbonyl (C=O) groups excluding carboxylic acids is 1. The summed E-state index contributed by atoms with van der Waals surface area (Å²) in [6.45, 7) is 2.76. The van der Waals surface area contributed by atoms with Crippen molar-refractivity contribution >= 4 is 11.6 Å². The van der Waals surface area contributed by atoms with Gasteiger partial charge in [-0.15, -0.1) is 0 Å². The highest BCUT2D eigenvalue weighted by Gasteiger charge is 2.52. The smallest absolute Gasteiger partial charge is 0.225 e. The summed E-state index contributed by atoms with van der Waals surface area (Å²) in [4.78, 5) is 22.5. The number of carbonyl (C=O) groups is 1. The van der Waals surface area contributed by atoms with Gasteiger partial charge in [-0.3, -0.25) is 4.79 Å². The van der Waals surface area contributed by atoms with E-state index >= 15 is 0 Å². The largest absolute Gasteiger partial charge is 0.355 e. The lowest BCUT2D eigenvalue weighted by molar-refractivity contribution is -0.137. The predicted molar refractivity (Wildman–Crippen MR) is 104 cm³/mol. The summed E-state index contributed by atoms with van der Waals surface area (Å²) in [5.41, 5.74) is 2.42. The van der Waals surface area contributed by atoms with E-state index in [1.807, 2.05) is 12.3 Å². The first kappa shape index (κ1) is 15.7. The molecule has 1 amide bonds. The third-order valence-electron chi connectivity index (χ3n) is 7.18. The standard InChI is InChI=1S/C22H26N4O/c27-21(17-4-1-5-17)24-13-10-22(15-24)19-7-3-12-25(19)20-18(6-2-11-23-20)26(22)14-16-8-9-16/h2-3,6-7,11-12,16-17H,1,4-5,8-10,13-15H2/t22-/m0/s1. The molecular formula is C22H26N4O. The molecular weight excluding hydrogens is 336 g/mol. The molecule has 0 aromatic carbocycles. The Morgan fingerprint density at radius 3 is 2.85 bits per heavy atom. The van der Waals surface area contributed by atoms with Gasteiger partial charge in [0.15, 0.2) is 5.82 Å². The molecule has 140 valence electrons. The van der Waals surface area contributed by atoms with Crippen molar-refractivity contribution in [2.45, 2.75) is 44.1 Å². The van der Waals surface area contributed by atoms with Gasteiger partial charge < -0.3 is 14.4 Å². The van der Waals surface area contributed by atoms with Crippen molar-refractivity contribution in [3.8, 4) is 5.82 Å².